The Labute approximate surface area is 123 Å². The summed E-state index contributed by atoms with van der Waals surface area (Å²) in [5.74, 6) is 0.414. The van der Waals surface area contributed by atoms with Gasteiger partial charge in [-0.05, 0) is 37.5 Å². The largest absolute Gasteiger partial charge is 0.473 e. The van der Waals surface area contributed by atoms with Gasteiger partial charge in [-0.15, -0.1) is 0 Å². The maximum Gasteiger partial charge on any atom is 0.212 e. The molecule has 0 atom stereocenters. The highest BCUT2D eigenvalue weighted by Gasteiger charge is 2.20. The van der Waals surface area contributed by atoms with E-state index in [0.717, 1.165) is 17.8 Å². The highest BCUT2D eigenvalue weighted by atomic mass is 19.1. The highest BCUT2D eigenvalue weighted by molar-refractivity contribution is 5.25. The molecule has 1 aliphatic carbocycles. The fourth-order valence-electron chi connectivity index (χ4n) is 2.27. The predicted molar refractivity (Wildman–Crippen MR) is 78.5 cm³/mol. The molecule has 1 aromatic heterocycles. The lowest BCUT2D eigenvalue weighted by Crippen LogP contribution is -2.15. The molecule has 0 aliphatic heterocycles. The van der Waals surface area contributed by atoms with Crippen molar-refractivity contribution in [2.75, 3.05) is 0 Å². The number of ether oxygens (including phenoxy) is 1. The number of nitrogens with zero attached hydrogens (tertiary/aromatic N) is 2. The van der Waals surface area contributed by atoms with Crippen LogP contribution in [0.2, 0.25) is 0 Å². The molecule has 4 nitrogen and oxygen atoms in total. The maximum atomic E-state index is 13.9. The lowest BCUT2D eigenvalue weighted by atomic mass is 10.1. The standard InChI is InChI=1S/C16H20FN3O/c1-11-7-16(20(2)19-11)21-10-13-8-12(3-6-15(13)17)9-18-14-4-5-14/h3,6-8,14,18H,4-5,9-10H2,1-2H3. The second-order valence-electron chi connectivity index (χ2n) is 5.62. The van der Waals surface area contributed by atoms with Crippen LogP contribution in [0.1, 0.15) is 29.7 Å². The zero-order valence-electron chi connectivity index (χ0n) is 12.4. The van der Waals surface area contributed by atoms with Crippen LogP contribution in [0.5, 0.6) is 5.88 Å². The van der Waals surface area contributed by atoms with Crippen molar-refractivity contribution in [1.29, 1.82) is 0 Å². The molecule has 1 fully saturated rings. The van der Waals surface area contributed by atoms with Crippen molar-refractivity contribution < 1.29 is 9.13 Å². The number of benzene rings is 1. The number of rotatable bonds is 6. The number of hydrogen-bond acceptors (Lipinski definition) is 3. The van der Waals surface area contributed by atoms with Crippen molar-refractivity contribution >= 4 is 0 Å². The van der Waals surface area contributed by atoms with E-state index in [1.54, 1.807) is 4.68 Å². The Hall–Kier alpha value is -1.88. The van der Waals surface area contributed by atoms with E-state index in [9.17, 15) is 4.39 Å². The van der Waals surface area contributed by atoms with E-state index in [4.69, 9.17) is 4.74 Å². The minimum Gasteiger partial charge on any atom is -0.473 e. The summed E-state index contributed by atoms with van der Waals surface area (Å²) in [5, 5.41) is 7.64. The fraction of sp³-hybridized carbons (Fsp3) is 0.438. The van der Waals surface area contributed by atoms with Gasteiger partial charge in [0.2, 0.25) is 5.88 Å². The van der Waals surface area contributed by atoms with Crippen LogP contribution < -0.4 is 10.1 Å². The van der Waals surface area contributed by atoms with Crippen molar-refractivity contribution in [3.05, 3.63) is 46.9 Å². The third-order valence-corrected chi connectivity index (χ3v) is 3.62. The van der Waals surface area contributed by atoms with Crippen LogP contribution in [0.25, 0.3) is 0 Å². The molecule has 21 heavy (non-hydrogen) atoms. The Morgan fingerprint density at radius 3 is 2.86 bits per heavy atom. The van der Waals surface area contributed by atoms with E-state index in [2.05, 4.69) is 10.4 Å². The number of aromatic nitrogens is 2. The van der Waals surface area contributed by atoms with Crippen molar-refractivity contribution in [3.8, 4) is 5.88 Å². The zero-order chi connectivity index (χ0) is 14.8. The van der Waals surface area contributed by atoms with E-state index >= 15 is 0 Å². The smallest absolute Gasteiger partial charge is 0.212 e. The first kappa shape index (κ1) is 14.1. The van der Waals surface area contributed by atoms with Gasteiger partial charge >= 0.3 is 0 Å². The van der Waals surface area contributed by atoms with Crippen LogP contribution in [0.4, 0.5) is 4.39 Å². The number of hydrogen-bond donors (Lipinski definition) is 1. The van der Waals surface area contributed by atoms with Crippen LogP contribution in [0, 0.1) is 12.7 Å². The lowest BCUT2D eigenvalue weighted by Gasteiger charge is -2.09. The first-order chi connectivity index (χ1) is 10.1. The van der Waals surface area contributed by atoms with Crippen LogP contribution >= 0.6 is 0 Å². The second kappa shape index (κ2) is 5.85. The summed E-state index contributed by atoms with van der Waals surface area (Å²) in [6.45, 7) is 2.89. The van der Waals surface area contributed by atoms with E-state index in [1.165, 1.54) is 18.9 Å². The van der Waals surface area contributed by atoms with Gasteiger partial charge in [-0.2, -0.15) is 5.10 Å². The third kappa shape index (κ3) is 3.61. The van der Waals surface area contributed by atoms with Gasteiger partial charge in [-0.1, -0.05) is 6.07 Å². The van der Waals surface area contributed by atoms with Gasteiger partial charge in [0, 0.05) is 31.3 Å². The minimum atomic E-state index is -0.232. The maximum absolute atomic E-state index is 13.9. The van der Waals surface area contributed by atoms with E-state index in [-0.39, 0.29) is 12.4 Å². The van der Waals surface area contributed by atoms with Crippen molar-refractivity contribution in [3.63, 3.8) is 0 Å². The molecule has 1 aliphatic rings. The molecule has 1 heterocycles. The molecule has 1 saturated carbocycles. The van der Waals surface area contributed by atoms with Crippen LogP contribution in [0.3, 0.4) is 0 Å². The van der Waals surface area contributed by atoms with Gasteiger partial charge < -0.3 is 10.1 Å². The summed E-state index contributed by atoms with van der Waals surface area (Å²) in [7, 11) is 1.81. The number of aryl methyl sites for hydroxylation is 2. The zero-order valence-corrected chi connectivity index (χ0v) is 12.4. The Balaban J connectivity index is 1.65. The van der Waals surface area contributed by atoms with Gasteiger partial charge in [-0.3, -0.25) is 0 Å². The molecule has 112 valence electrons. The number of nitrogens with one attached hydrogen (secondary N) is 1. The van der Waals surface area contributed by atoms with Gasteiger partial charge in [-0.25, -0.2) is 9.07 Å². The molecule has 5 heteroatoms. The first-order valence-electron chi connectivity index (χ1n) is 7.26. The normalized spacial score (nSPS) is 14.4. The van der Waals surface area contributed by atoms with Crippen molar-refractivity contribution in [2.45, 2.75) is 39.0 Å². The molecule has 0 bridgehead atoms. The molecular formula is C16H20FN3O. The molecular weight excluding hydrogens is 269 g/mol. The summed E-state index contributed by atoms with van der Waals surface area (Å²) in [5.41, 5.74) is 2.54. The molecule has 1 N–H and O–H groups in total. The molecule has 0 unspecified atom stereocenters. The molecule has 0 spiro atoms. The van der Waals surface area contributed by atoms with Crippen LogP contribution in [-0.2, 0) is 20.2 Å². The van der Waals surface area contributed by atoms with Gasteiger partial charge in [0.25, 0.3) is 0 Å². The summed E-state index contributed by atoms with van der Waals surface area (Å²) in [4.78, 5) is 0. The van der Waals surface area contributed by atoms with E-state index in [1.807, 2.05) is 32.2 Å². The van der Waals surface area contributed by atoms with Crippen LogP contribution in [-0.4, -0.2) is 15.8 Å². The minimum absolute atomic E-state index is 0.210. The number of halogens is 1. The molecule has 0 saturated heterocycles. The van der Waals surface area contributed by atoms with E-state index in [0.29, 0.717) is 17.5 Å². The fourth-order valence-corrected chi connectivity index (χ4v) is 2.27. The third-order valence-electron chi connectivity index (χ3n) is 3.62. The van der Waals surface area contributed by atoms with Crippen molar-refractivity contribution in [2.24, 2.45) is 7.05 Å². The second-order valence-corrected chi connectivity index (χ2v) is 5.62. The monoisotopic (exact) mass is 289 g/mol. The molecule has 1 aromatic carbocycles. The highest BCUT2D eigenvalue weighted by Crippen LogP contribution is 2.20. The Bertz CT molecular complexity index is 634. The first-order valence-corrected chi connectivity index (χ1v) is 7.26. The Morgan fingerprint density at radius 1 is 1.38 bits per heavy atom. The SMILES string of the molecule is Cc1cc(OCc2cc(CNC3CC3)ccc2F)n(C)n1. The average molecular weight is 289 g/mol. The summed E-state index contributed by atoms with van der Waals surface area (Å²) < 4.78 is 21.2. The Morgan fingerprint density at radius 2 is 2.19 bits per heavy atom. The topological polar surface area (TPSA) is 39.1 Å². The quantitative estimate of drug-likeness (QED) is 0.888. The lowest BCUT2D eigenvalue weighted by molar-refractivity contribution is 0.273. The summed E-state index contributed by atoms with van der Waals surface area (Å²) >= 11 is 0. The predicted octanol–water partition coefficient (Wildman–Crippen LogP) is 2.70. The summed E-state index contributed by atoms with van der Waals surface area (Å²) in [6.07, 6.45) is 2.49. The van der Waals surface area contributed by atoms with Gasteiger partial charge in [0.05, 0.1) is 5.69 Å². The molecule has 0 amide bonds. The van der Waals surface area contributed by atoms with Crippen LogP contribution in [0.15, 0.2) is 24.3 Å². The van der Waals surface area contributed by atoms with Crippen molar-refractivity contribution in [1.82, 2.24) is 15.1 Å². The average Bonchev–Trinajstić information content (AvgIpc) is 3.22. The molecule has 0 radical (unpaired) electrons. The Kier molecular flexibility index (Phi) is 3.92. The molecule has 2 aromatic rings. The van der Waals surface area contributed by atoms with Gasteiger partial charge in [0.15, 0.2) is 0 Å². The van der Waals surface area contributed by atoms with Gasteiger partial charge in [0.1, 0.15) is 12.4 Å². The molecule has 3 rings (SSSR count). The van der Waals surface area contributed by atoms with E-state index < -0.39 is 0 Å². The summed E-state index contributed by atoms with van der Waals surface area (Å²) in [6, 6.07) is 7.69.